The molecule has 3 rings (SSSR count). The summed E-state index contributed by atoms with van der Waals surface area (Å²) in [5.41, 5.74) is 1.82. The monoisotopic (exact) mass is 289 g/mol. The third-order valence-electron chi connectivity index (χ3n) is 3.67. The van der Waals surface area contributed by atoms with Crippen LogP contribution in [0.2, 0.25) is 0 Å². The molecular formula is C15H15NO5. The summed E-state index contributed by atoms with van der Waals surface area (Å²) >= 11 is 0. The van der Waals surface area contributed by atoms with Crippen molar-refractivity contribution in [3.63, 3.8) is 0 Å². The van der Waals surface area contributed by atoms with Gasteiger partial charge in [0.1, 0.15) is 0 Å². The van der Waals surface area contributed by atoms with Gasteiger partial charge in [0.2, 0.25) is 12.7 Å². The van der Waals surface area contributed by atoms with Crippen molar-refractivity contribution in [2.75, 3.05) is 13.9 Å². The lowest BCUT2D eigenvalue weighted by molar-refractivity contribution is -0.136. The Balaban J connectivity index is 2.04. The minimum absolute atomic E-state index is 0.122. The average Bonchev–Trinajstić information content (AvgIpc) is 2.93. The van der Waals surface area contributed by atoms with Crippen molar-refractivity contribution in [1.82, 2.24) is 5.32 Å². The highest BCUT2D eigenvalue weighted by atomic mass is 16.7. The van der Waals surface area contributed by atoms with Crippen molar-refractivity contribution in [3.05, 3.63) is 35.0 Å². The molecule has 0 spiro atoms. The lowest BCUT2D eigenvalue weighted by Crippen LogP contribution is -2.34. The van der Waals surface area contributed by atoms with Crippen LogP contribution in [0.4, 0.5) is 0 Å². The number of carbonyl (C=O) groups is 2. The molecule has 1 aromatic rings. The zero-order valence-electron chi connectivity index (χ0n) is 11.8. The summed E-state index contributed by atoms with van der Waals surface area (Å²) in [6.07, 6.45) is 0.196. The van der Waals surface area contributed by atoms with Crippen LogP contribution in [-0.4, -0.2) is 25.8 Å². The molecule has 2 aliphatic rings. The molecule has 2 heterocycles. The maximum absolute atomic E-state index is 12.0. The van der Waals surface area contributed by atoms with Gasteiger partial charge >= 0.3 is 5.97 Å². The number of amides is 1. The number of nitrogens with one attached hydrogen (secondary N) is 1. The summed E-state index contributed by atoms with van der Waals surface area (Å²) in [5.74, 6) is 0.387. The molecule has 6 heteroatoms. The number of benzene rings is 1. The molecular weight excluding hydrogens is 274 g/mol. The Labute approximate surface area is 121 Å². The van der Waals surface area contributed by atoms with Gasteiger partial charge in [-0.25, -0.2) is 4.79 Å². The smallest absolute Gasteiger partial charge is 0.336 e. The van der Waals surface area contributed by atoms with Gasteiger partial charge in [-0.15, -0.1) is 0 Å². The molecule has 1 aromatic carbocycles. The summed E-state index contributed by atoms with van der Waals surface area (Å²) < 4.78 is 15.5. The van der Waals surface area contributed by atoms with Crippen molar-refractivity contribution in [2.24, 2.45) is 0 Å². The van der Waals surface area contributed by atoms with Gasteiger partial charge in [-0.05, 0) is 24.6 Å². The predicted molar refractivity (Wildman–Crippen MR) is 72.8 cm³/mol. The molecule has 0 bridgehead atoms. The second kappa shape index (κ2) is 5.12. The minimum atomic E-state index is -0.435. The Bertz CT molecular complexity index is 649. The van der Waals surface area contributed by atoms with E-state index in [9.17, 15) is 9.59 Å². The highest BCUT2D eigenvalue weighted by Crippen LogP contribution is 2.39. The standard InChI is InChI=1S/C15H15NO5/c1-8-14(15(18)19-2)10(6-13(17)16-8)9-3-4-11-12(5-9)21-7-20-11/h3-5,10H,6-7H2,1-2H3,(H,16,17)/t10-/m0/s1. The number of fused-ring (bicyclic) bond motifs is 1. The SMILES string of the molecule is COC(=O)C1=C(C)NC(=O)C[C@H]1c1ccc2c(c1)OCO2. The van der Waals surface area contributed by atoms with Crippen LogP contribution in [0.1, 0.15) is 24.8 Å². The number of allylic oxidation sites excluding steroid dienone is 1. The maximum atomic E-state index is 12.0. The van der Waals surface area contributed by atoms with Gasteiger partial charge < -0.3 is 19.5 Å². The third kappa shape index (κ3) is 2.33. The second-order valence-corrected chi connectivity index (χ2v) is 4.95. The molecule has 0 unspecified atom stereocenters. The lowest BCUT2D eigenvalue weighted by Gasteiger charge is -2.26. The van der Waals surface area contributed by atoms with Gasteiger partial charge in [0.15, 0.2) is 11.5 Å². The average molecular weight is 289 g/mol. The number of rotatable bonds is 2. The fraction of sp³-hybridized carbons (Fsp3) is 0.333. The van der Waals surface area contributed by atoms with E-state index in [0.717, 1.165) is 5.56 Å². The highest BCUT2D eigenvalue weighted by molar-refractivity contribution is 5.95. The molecule has 0 aliphatic carbocycles. The van der Waals surface area contributed by atoms with Crippen LogP contribution < -0.4 is 14.8 Å². The van der Waals surface area contributed by atoms with Crippen LogP contribution in [0, 0.1) is 0 Å². The van der Waals surface area contributed by atoms with E-state index in [1.54, 1.807) is 13.0 Å². The Hall–Kier alpha value is -2.50. The first-order valence-electron chi connectivity index (χ1n) is 6.58. The van der Waals surface area contributed by atoms with Crippen molar-refractivity contribution in [1.29, 1.82) is 0 Å². The largest absolute Gasteiger partial charge is 0.466 e. The summed E-state index contributed by atoms with van der Waals surface area (Å²) in [6, 6.07) is 5.43. The zero-order valence-corrected chi connectivity index (χ0v) is 11.8. The van der Waals surface area contributed by atoms with Crippen molar-refractivity contribution < 1.29 is 23.8 Å². The van der Waals surface area contributed by atoms with Gasteiger partial charge in [-0.2, -0.15) is 0 Å². The van der Waals surface area contributed by atoms with Gasteiger partial charge in [-0.1, -0.05) is 6.07 Å². The van der Waals surface area contributed by atoms with Crippen LogP contribution in [0.3, 0.4) is 0 Å². The van der Waals surface area contributed by atoms with Gasteiger partial charge in [0.25, 0.3) is 0 Å². The first-order valence-corrected chi connectivity index (χ1v) is 6.58. The first kappa shape index (κ1) is 13.5. The van der Waals surface area contributed by atoms with Crippen LogP contribution in [0.25, 0.3) is 0 Å². The highest BCUT2D eigenvalue weighted by Gasteiger charge is 2.33. The quantitative estimate of drug-likeness (QED) is 0.834. The maximum Gasteiger partial charge on any atom is 0.336 e. The number of methoxy groups -OCH3 is 1. The van der Waals surface area contributed by atoms with E-state index < -0.39 is 5.97 Å². The summed E-state index contributed by atoms with van der Waals surface area (Å²) in [7, 11) is 1.33. The molecule has 1 atom stereocenters. The molecule has 110 valence electrons. The summed E-state index contributed by atoms with van der Waals surface area (Å²) in [6.45, 7) is 1.88. The van der Waals surface area contributed by atoms with Gasteiger partial charge in [0, 0.05) is 18.0 Å². The normalized spacial score (nSPS) is 20.3. The molecule has 0 radical (unpaired) electrons. The summed E-state index contributed by atoms with van der Waals surface area (Å²) in [4.78, 5) is 23.8. The number of ether oxygens (including phenoxy) is 3. The summed E-state index contributed by atoms with van der Waals surface area (Å²) in [5, 5.41) is 2.68. The Morgan fingerprint density at radius 1 is 1.33 bits per heavy atom. The number of esters is 1. The number of hydrogen-bond acceptors (Lipinski definition) is 5. The predicted octanol–water partition coefficient (Wildman–Crippen LogP) is 1.47. The van der Waals surface area contributed by atoms with E-state index in [1.165, 1.54) is 7.11 Å². The fourth-order valence-corrected chi connectivity index (χ4v) is 2.70. The molecule has 1 N–H and O–H groups in total. The molecule has 1 amide bonds. The van der Waals surface area contributed by atoms with Gasteiger partial charge in [0.05, 0.1) is 12.7 Å². The van der Waals surface area contributed by atoms with Crippen molar-refractivity contribution in [2.45, 2.75) is 19.3 Å². The fourth-order valence-electron chi connectivity index (χ4n) is 2.70. The van der Waals surface area contributed by atoms with E-state index >= 15 is 0 Å². The third-order valence-corrected chi connectivity index (χ3v) is 3.67. The van der Waals surface area contributed by atoms with Crippen LogP contribution in [0.5, 0.6) is 11.5 Å². The Kier molecular flexibility index (Phi) is 3.29. The van der Waals surface area contributed by atoms with Crippen molar-refractivity contribution >= 4 is 11.9 Å². The number of carbonyl (C=O) groups excluding carboxylic acids is 2. The molecule has 0 saturated carbocycles. The van der Waals surface area contributed by atoms with Gasteiger partial charge in [-0.3, -0.25) is 4.79 Å². The molecule has 21 heavy (non-hydrogen) atoms. The van der Waals surface area contributed by atoms with Crippen LogP contribution in [0.15, 0.2) is 29.5 Å². The Morgan fingerprint density at radius 3 is 2.86 bits per heavy atom. The number of hydrogen-bond donors (Lipinski definition) is 1. The van der Waals surface area contributed by atoms with E-state index in [4.69, 9.17) is 14.2 Å². The topological polar surface area (TPSA) is 73.9 Å². The van der Waals surface area contributed by atoms with Crippen LogP contribution >= 0.6 is 0 Å². The zero-order chi connectivity index (χ0) is 15.0. The first-order chi connectivity index (χ1) is 10.1. The van der Waals surface area contributed by atoms with E-state index in [-0.39, 0.29) is 25.0 Å². The van der Waals surface area contributed by atoms with Crippen molar-refractivity contribution in [3.8, 4) is 11.5 Å². The molecule has 0 aromatic heterocycles. The molecule has 2 aliphatic heterocycles. The van der Waals surface area contributed by atoms with E-state index in [0.29, 0.717) is 22.8 Å². The van der Waals surface area contributed by atoms with Crippen LogP contribution in [-0.2, 0) is 14.3 Å². The molecule has 0 fully saturated rings. The Morgan fingerprint density at radius 2 is 2.10 bits per heavy atom. The lowest BCUT2D eigenvalue weighted by atomic mass is 9.84. The molecule has 6 nitrogen and oxygen atoms in total. The van der Waals surface area contributed by atoms with E-state index in [1.807, 2.05) is 12.1 Å². The molecule has 0 saturated heterocycles. The minimum Gasteiger partial charge on any atom is -0.466 e. The van der Waals surface area contributed by atoms with E-state index in [2.05, 4.69) is 5.32 Å². The second-order valence-electron chi connectivity index (χ2n) is 4.95.